The van der Waals surface area contributed by atoms with Crippen molar-refractivity contribution in [1.82, 2.24) is 0 Å². The molecule has 2 N–H and O–H groups in total. The molecule has 0 saturated carbocycles. The summed E-state index contributed by atoms with van der Waals surface area (Å²) in [5, 5.41) is 0. The Morgan fingerprint density at radius 2 is 2.00 bits per heavy atom. The first kappa shape index (κ1) is 7.76. The van der Waals surface area contributed by atoms with Gasteiger partial charge in [0.25, 0.3) is 0 Å². The lowest BCUT2D eigenvalue weighted by molar-refractivity contribution is 1.56. The largest absolute Gasteiger partial charge is 0.405 e. The van der Waals surface area contributed by atoms with Gasteiger partial charge in [0.1, 0.15) is 0 Å². The van der Waals surface area contributed by atoms with Gasteiger partial charge in [-0.15, -0.1) is 0 Å². The van der Waals surface area contributed by atoms with Gasteiger partial charge in [0.2, 0.25) is 0 Å². The van der Waals surface area contributed by atoms with Gasteiger partial charge in [-0.2, -0.15) is 0 Å². The lowest BCUT2D eigenvalue weighted by atomic mass is 10.2. The van der Waals surface area contributed by atoms with Crippen molar-refractivity contribution in [1.29, 1.82) is 0 Å². The third kappa shape index (κ3) is 3.35. The maximum Gasteiger partial charge on any atom is -0.00564 e. The zero-order valence-electron chi connectivity index (χ0n) is 5.38. The standard InChI is InChI=1S/C8H11N/c1-3-5-8(4-2)6-7-9/h3-7H,1-2,9H2/b7-6+,8-5+. The first-order valence-electron chi connectivity index (χ1n) is 2.68. The minimum absolute atomic E-state index is 0.965. The Bertz CT molecular complexity index is 152. The molecule has 48 valence electrons. The normalized spacial score (nSPS) is 11.8. The van der Waals surface area contributed by atoms with Crippen LogP contribution in [-0.4, -0.2) is 0 Å². The first-order chi connectivity index (χ1) is 4.35. The molecule has 0 aliphatic heterocycles. The first-order valence-corrected chi connectivity index (χ1v) is 2.68. The molecule has 0 rings (SSSR count). The second-order valence-electron chi connectivity index (χ2n) is 1.47. The summed E-state index contributed by atoms with van der Waals surface area (Å²) >= 11 is 0. The Morgan fingerprint density at radius 1 is 1.33 bits per heavy atom. The highest BCUT2D eigenvalue weighted by molar-refractivity contribution is 5.31. The van der Waals surface area contributed by atoms with Gasteiger partial charge in [0, 0.05) is 0 Å². The number of hydrogen-bond acceptors (Lipinski definition) is 1. The fourth-order valence-corrected chi connectivity index (χ4v) is 0.439. The molecule has 0 aliphatic carbocycles. The lowest BCUT2D eigenvalue weighted by Gasteiger charge is -1.85. The molecular weight excluding hydrogens is 110 g/mol. The molecule has 0 aliphatic rings. The molecule has 0 fully saturated rings. The molecule has 0 aromatic rings. The number of hydrogen-bond donors (Lipinski definition) is 1. The summed E-state index contributed by atoms with van der Waals surface area (Å²) in [6.07, 6.45) is 8.46. The topological polar surface area (TPSA) is 26.0 Å². The predicted octanol–water partition coefficient (Wildman–Crippen LogP) is 1.76. The summed E-state index contributed by atoms with van der Waals surface area (Å²) in [6.45, 7) is 7.11. The quantitative estimate of drug-likeness (QED) is 0.566. The molecule has 0 spiro atoms. The molecule has 9 heavy (non-hydrogen) atoms. The van der Waals surface area contributed by atoms with Crippen LogP contribution in [0.4, 0.5) is 0 Å². The zero-order valence-corrected chi connectivity index (χ0v) is 5.38. The third-order valence-electron chi connectivity index (χ3n) is 0.835. The van der Waals surface area contributed by atoms with E-state index in [0.717, 1.165) is 5.57 Å². The Labute approximate surface area is 55.9 Å². The van der Waals surface area contributed by atoms with Crippen LogP contribution in [0.25, 0.3) is 0 Å². The van der Waals surface area contributed by atoms with E-state index < -0.39 is 0 Å². The number of allylic oxidation sites excluding steroid dienone is 5. The van der Waals surface area contributed by atoms with E-state index in [0.29, 0.717) is 0 Å². The molecule has 0 atom stereocenters. The average molecular weight is 121 g/mol. The molecular formula is C8H11N. The SMILES string of the molecule is C=C/C=C(C=C)/C=C/N. The van der Waals surface area contributed by atoms with E-state index >= 15 is 0 Å². The summed E-state index contributed by atoms with van der Waals surface area (Å²) in [7, 11) is 0. The van der Waals surface area contributed by atoms with Gasteiger partial charge in [-0.05, 0) is 17.8 Å². The predicted molar refractivity (Wildman–Crippen MR) is 41.8 cm³/mol. The van der Waals surface area contributed by atoms with Gasteiger partial charge in [0.15, 0.2) is 0 Å². The third-order valence-corrected chi connectivity index (χ3v) is 0.835. The van der Waals surface area contributed by atoms with Gasteiger partial charge < -0.3 is 5.73 Å². The van der Waals surface area contributed by atoms with Crippen LogP contribution in [0, 0.1) is 0 Å². The maximum atomic E-state index is 5.13. The van der Waals surface area contributed by atoms with E-state index in [4.69, 9.17) is 5.73 Å². The van der Waals surface area contributed by atoms with Crippen molar-refractivity contribution in [3.63, 3.8) is 0 Å². The Kier molecular flexibility index (Phi) is 4.23. The van der Waals surface area contributed by atoms with Gasteiger partial charge in [-0.1, -0.05) is 31.4 Å². The van der Waals surface area contributed by atoms with Crippen LogP contribution in [0.1, 0.15) is 0 Å². The fourth-order valence-electron chi connectivity index (χ4n) is 0.439. The summed E-state index contributed by atoms with van der Waals surface area (Å²) in [5.74, 6) is 0. The van der Waals surface area contributed by atoms with E-state index in [9.17, 15) is 0 Å². The van der Waals surface area contributed by atoms with E-state index in [1.807, 2.05) is 6.08 Å². The monoisotopic (exact) mass is 121 g/mol. The highest BCUT2D eigenvalue weighted by atomic mass is 14.5. The minimum Gasteiger partial charge on any atom is -0.405 e. The Hall–Kier alpha value is -1.24. The molecule has 0 bridgehead atoms. The van der Waals surface area contributed by atoms with Crippen molar-refractivity contribution in [2.24, 2.45) is 5.73 Å². The van der Waals surface area contributed by atoms with E-state index in [-0.39, 0.29) is 0 Å². The van der Waals surface area contributed by atoms with E-state index in [1.54, 1.807) is 18.2 Å². The van der Waals surface area contributed by atoms with Crippen LogP contribution in [0.5, 0.6) is 0 Å². The molecule has 0 aromatic heterocycles. The zero-order chi connectivity index (χ0) is 7.11. The molecule has 0 heterocycles. The highest BCUT2D eigenvalue weighted by Crippen LogP contribution is 1.95. The van der Waals surface area contributed by atoms with Crippen molar-refractivity contribution < 1.29 is 0 Å². The van der Waals surface area contributed by atoms with Crippen molar-refractivity contribution in [3.8, 4) is 0 Å². The van der Waals surface area contributed by atoms with Gasteiger partial charge in [-0.25, -0.2) is 0 Å². The molecule has 0 amide bonds. The summed E-state index contributed by atoms with van der Waals surface area (Å²) in [6, 6.07) is 0. The number of rotatable bonds is 3. The second kappa shape index (κ2) is 4.91. The van der Waals surface area contributed by atoms with Crippen LogP contribution < -0.4 is 5.73 Å². The van der Waals surface area contributed by atoms with E-state index in [2.05, 4.69) is 13.2 Å². The molecule has 0 radical (unpaired) electrons. The minimum atomic E-state index is 0.965. The maximum absolute atomic E-state index is 5.13. The fraction of sp³-hybridized carbons (Fsp3) is 0. The van der Waals surface area contributed by atoms with Crippen molar-refractivity contribution in [2.45, 2.75) is 0 Å². The van der Waals surface area contributed by atoms with Crippen LogP contribution in [0.15, 0.2) is 49.2 Å². The molecule has 0 aromatic carbocycles. The highest BCUT2D eigenvalue weighted by Gasteiger charge is 1.76. The molecule has 0 saturated heterocycles. The van der Waals surface area contributed by atoms with Crippen molar-refractivity contribution >= 4 is 0 Å². The summed E-state index contributed by atoms with van der Waals surface area (Å²) in [4.78, 5) is 0. The summed E-state index contributed by atoms with van der Waals surface area (Å²) < 4.78 is 0. The molecule has 0 unspecified atom stereocenters. The van der Waals surface area contributed by atoms with Crippen LogP contribution in [0.2, 0.25) is 0 Å². The smallest absolute Gasteiger partial charge is 0.00564 e. The Morgan fingerprint density at radius 3 is 2.33 bits per heavy atom. The van der Waals surface area contributed by atoms with E-state index in [1.165, 1.54) is 6.20 Å². The summed E-state index contributed by atoms with van der Waals surface area (Å²) in [5.41, 5.74) is 6.10. The Balaban J connectivity index is 4.13. The number of nitrogens with two attached hydrogens (primary N) is 1. The lowest BCUT2D eigenvalue weighted by Crippen LogP contribution is -1.77. The van der Waals surface area contributed by atoms with Crippen LogP contribution in [0.3, 0.4) is 0 Å². The van der Waals surface area contributed by atoms with Gasteiger partial charge >= 0.3 is 0 Å². The van der Waals surface area contributed by atoms with Gasteiger partial charge in [-0.3, -0.25) is 0 Å². The molecule has 1 heteroatoms. The van der Waals surface area contributed by atoms with Crippen LogP contribution in [-0.2, 0) is 0 Å². The molecule has 1 nitrogen and oxygen atoms in total. The van der Waals surface area contributed by atoms with Crippen molar-refractivity contribution in [2.75, 3.05) is 0 Å². The second-order valence-corrected chi connectivity index (χ2v) is 1.47. The van der Waals surface area contributed by atoms with Gasteiger partial charge in [0.05, 0.1) is 0 Å². The van der Waals surface area contributed by atoms with Crippen molar-refractivity contribution in [3.05, 3.63) is 49.2 Å². The van der Waals surface area contributed by atoms with Crippen LogP contribution >= 0.6 is 0 Å². The average Bonchev–Trinajstić information content (AvgIpc) is 1.88.